The molecular weight excluding hydrogens is 226 g/mol. The van der Waals surface area contributed by atoms with Crippen LogP contribution in [-0.4, -0.2) is 43.5 Å². The second-order valence-corrected chi connectivity index (χ2v) is 4.82. The third-order valence-electron chi connectivity index (χ3n) is 2.78. The van der Waals surface area contributed by atoms with Gasteiger partial charge in [0.05, 0.1) is 6.54 Å². The van der Waals surface area contributed by atoms with Crippen molar-refractivity contribution in [3.8, 4) is 0 Å². The molecule has 16 heavy (non-hydrogen) atoms. The van der Waals surface area contributed by atoms with E-state index in [2.05, 4.69) is 24.1 Å². The van der Waals surface area contributed by atoms with Crippen molar-refractivity contribution >= 4 is 18.3 Å². The van der Waals surface area contributed by atoms with E-state index in [0.717, 1.165) is 32.6 Å². The number of nitrogens with two attached hydrogens (primary N) is 1. The molecule has 0 aromatic carbocycles. The molecule has 3 N–H and O–H groups in total. The predicted molar refractivity (Wildman–Crippen MR) is 68.7 cm³/mol. The molecule has 1 rings (SSSR count). The van der Waals surface area contributed by atoms with E-state index in [4.69, 9.17) is 5.73 Å². The van der Waals surface area contributed by atoms with Gasteiger partial charge in [-0.15, -0.1) is 12.4 Å². The highest BCUT2D eigenvalue weighted by atomic mass is 35.5. The summed E-state index contributed by atoms with van der Waals surface area (Å²) in [6.45, 7) is 8.23. The van der Waals surface area contributed by atoms with Gasteiger partial charge < -0.3 is 11.1 Å². The van der Waals surface area contributed by atoms with Crippen LogP contribution in [-0.2, 0) is 4.79 Å². The molecule has 1 atom stereocenters. The van der Waals surface area contributed by atoms with E-state index >= 15 is 0 Å². The van der Waals surface area contributed by atoms with Gasteiger partial charge in [0.25, 0.3) is 0 Å². The fourth-order valence-corrected chi connectivity index (χ4v) is 1.83. The summed E-state index contributed by atoms with van der Waals surface area (Å²) in [5.74, 6) is 1.24. The zero-order valence-corrected chi connectivity index (χ0v) is 11.1. The second-order valence-electron chi connectivity index (χ2n) is 4.82. The van der Waals surface area contributed by atoms with E-state index in [-0.39, 0.29) is 18.3 Å². The number of hydrogen-bond donors (Lipinski definition) is 2. The Labute approximate surface area is 104 Å². The van der Waals surface area contributed by atoms with Crippen LogP contribution < -0.4 is 11.1 Å². The zero-order chi connectivity index (χ0) is 11.3. The molecule has 1 unspecified atom stereocenters. The van der Waals surface area contributed by atoms with Crippen molar-refractivity contribution in [2.45, 2.75) is 20.3 Å². The smallest absolute Gasteiger partial charge is 0.234 e. The minimum atomic E-state index is 0. The lowest BCUT2D eigenvalue weighted by Crippen LogP contribution is -2.37. The lowest BCUT2D eigenvalue weighted by molar-refractivity contribution is -0.122. The maximum Gasteiger partial charge on any atom is 0.234 e. The Balaban J connectivity index is 0.00000225. The van der Waals surface area contributed by atoms with Gasteiger partial charge in [-0.3, -0.25) is 9.69 Å². The Morgan fingerprint density at radius 1 is 1.56 bits per heavy atom. The average Bonchev–Trinajstić information content (AvgIpc) is 2.62. The summed E-state index contributed by atoms with van der Waals surface area (Å²) in [4.78, 5) is 13.7. The van der Waals surface area contributed by atoms with Gasteiger partial charge in [-0.1, -0.05) is 13.8 Å². The van der Waals surface area contributed by atoms with Crippen LogP contribution in [0.15, 0.2) is 0 Å². The Morgan fingerprint density at radius 2 is 2.25 bits per heavy atom. The first-order valence-electron chi connectivity index (χ1n) is 5.81. The Kier molecular flexibility index (Phi) is 7.72. The number of rotatable bonds is 5. The molecule has 1 heterocycles. The fourth-order valence-electron chi connectivity index (χ4n) is 1.83. The number of hydrogen-bond acceptors (Lipinski definition) is 3. The van der Waals surface area contributed by atoms with Gasteiger partial charge in [-0.05, 0) is 31.3 Å². The highest BCUT2D eigenvalue weighted by molar-refractivity contribution is 5.85. The van der Waals surface area contributed by atoms with E-state index in [1.54, 1.807) is 0 Å². The Morgan fingerprint density at radius 3 is 2.75 bits per heavy atom. The van der Waals surface area contributed by atoms with Crippen molar-refractivity contribution in [1.82, 2.24) is 10.2 Å². The average molecular weight is 250 g/mol. The summed E-state index contributed by atoms with van der Waals surface area (Å²) in [5.41, 5.74) is 5.60. The monoisotopic (exact) mass is 249 g/mol. The van der Waals surface area contributed by atoms with Gasteiger partial charge in [-0.2, -0.15) is 0 Å². The highest BCUT2D eigenvalue weighted by Crippen LogP contribution is 2.13. The van der Waals surface area contributed by atoms with Crippen LogP contribution >= 0.6 is 12.4 Å². The summed E-state index contributed by atoms with van der Waals surface area (Å²) >= 11 is 0. The van der Waals surface area contributed by atoms with Crippen LogP contribution in [0.2, 0.25) is 0 Å². The number of carbonyl (C=O) groups is 1. The summed E-state index contributed by atoms with van der Waals surface area (Å²) in [5, 5.41) is 2.93. The van der Waals surface area contributed by atoms with Crippen LogP contribution in [0.5, 0.6) is 0 Å². The lowest BCUT2D eigenvalue weighted by Gasteiger charge is -2.15. The quantitative estimate of drug-likeness (QED) is 0.745. The lowest BCUT2D eigenvalue weighted by atomic mass is 10.1. The summed E-state index contributed by atoms with van der Waals surface area (Å²) in [6, 6.07) is 0. The van der Waals surface area contributed by atoms with E-state index < -0.39 is 0 Å². The molecule has 4 nitrogen and oxygen atoms in total. The zero-order valence-electron chi connectivity index (χ0n) is 10.2. The van der Waals surface area contributed by atoms with Crippen molar-refractivity contribution in [3.05, 3.63) is 0 Å². The van der Waals surface area contributed by atoms with Crippen molar-refractivity contribution < 1.29 is 4.79 Å². The molecule has 0 bridgehead atoms. The fraction of sp³-hybridized carbons (Fsp3) is 0.909. The standard InChI is InChI=1S/C11H23N3O.ClH/c1-9(2)6-13-11(15)8-14-4-3-10(5-12)7-14;/h9-10H,3-8,12H2,1-2H3,(H,13,15);1H. The minimum absolute atomic E-state index is 0. The number of nitrogens with one attached hydrogen (secondary N) is 1. The van der Waals surface area contributed by atoms with Crippen molar-refractivity contribution in [1.29, 1.82) is 0 Å². The van der Waals surface area contributed by atoms with Gasteiger partial charge in [-0.25, -0.2) is 0 Å². The van der Waals surface area contributed by atoms with Gasteiger partial charge in [0, 0.05) is 13.1 Å². The minimum Gasteiger partial charge on any atom is -0.355 e. The van der Waals surface area contributed by atoms with Crippen molar-refractivity contribution in [3.63, 3.8) is 0 Å². The van der Waals surface area contributed by atoms with Gasteiger partial charge in [0.1, 0.15) is 0 Å². The SMILES string of the molecule is CC(C)CNC(=O)CN1CCC(CN)C1.Cl. The van der Waals surface area contributed by atoms with Crippen LogP contribution in [0.1, 0.15) is 20.3 Å². The molecule has 1 amide bonds. The molecule has 0 aromatic heterocycles. The summed E-state index contributed by atoms with van der Waals surface area (Å²) < 4.78 is 0. The summed E-state index contributed by atoms with van der Waals surface area (Å²) in [7, 11) is 0. The molecule has 0 aliphatic carbocycles. The number of amides is 1. The highest BCUT2D eigenvalue weighted by Gasteiger charge is 2.22. The maximum atomic E-state index is 11.5. The molecular formula is C11H24ClN3O. The topological polar surface area (TPSA) is 58.4 Å². The molecule has 1 aliphatic heterocycles. The molecule has 1 saturated heterocycles. The van der Waals surface area contributed by atoms with Crippen LogP contribution in [0, 0.1) is 11.8 Å². The predicted octanol–water partition coefficient (Wildman–Crippen LogP) is 0.461. The molecule has 0 aromatic rings. The third-order valence-corrected chi connectivity index (χ3v) is 2.78. The summed E-state index contributed by atoms with van der Waals surface area (Å²) in [6.07, 6.45) is 1.13. The van der Waals surface area contributed by atoms with E-state index in [9.17, 15) is 4.79 Å². The third kappa shape index (κ3) is 5.68. The molecule has 5 heteroatoms. The van der Waals surface area contributed by atoms with Crippen LogP contribution in [0.25, 0.3) is 0 Å². The Hall–Kier alpha value is -0.320. The first kappa shape index (κ1) is 15.7. The molecule has 1 fully saturated rings. The van der Waals surface area contributed by atoms with Gasteiger partial charge >= 0.3 is 0 Å². The first-order valence-corrected chi connectivity index (χ1v) is 5.81. The molecule has 1 aliphatic rings. The van der Waals surface area contributed by atoms with Crippen LogP contribution in [0.4, 0.5) is 0 Å². The van der Waals surface area contributed by atoms with Gasteiger partial charge in [0.15, 0.2) is 0 Å². The maximum absolute atomic E-state index is 11.5. The van der Waals surface area contributed by atoms with Crippen LogP contribution in [0.3, 0.4) is 0 Å². The largest absolute Gasteiger partial charge is 0.355 e. The Bertz CT molecular complexity index is 211. The second kappa shape index (κ2) is 7.87. The first-order chi connectivity index (χ1) is 7.11. The number of halogens is 1. The number of carbonyl (C=O) groups excluding carboxylic acids is 1. The number of nitrogens with zero attached hydrogens (tertiary/aromatic N) is 1. The van der Waals surface area contributed by atoms with E-state index in [0.29, 0.717) is 18.4 Å². The van der Waals surface area contributed by atoms with Crippen molar-refractivity contribution in [2.75, 3.05) is 32.7 Å². The van der Waals surface area contributed by atoms with Gasteiger partial charge in [0.2, 0.25) is 5.91 Å². The normalized spacial score (nSPS) is 20.9. The van der Waals surface area contributed by atoms with E-state index in [1.165, 1.54) is 0 Å². The molecule has 0 radical (unpaired) electrons. The molecule has 96 valence electrons. The molecule has 0 spiro atoms. The van der Waals surface area contributed by atoms with Crippen molar-refractivity contribution in [2.24, 2.45) is 17.6 Å². The molecule has 0 saturated carbocycles. The number of likely N-dealkylation sites (tertiary alicyclic amines) is 1. The van der Waals surface area contributed by atoms with E-state index in [1.807, 2.05) is 0 Å².